The van der Waals surface area contributed by atoms with Gasteiger partial charge in [0.25, 0.3) is 0 Å². The second-order valence-electron chi connectivity index (χ2n) is 3.36. The molecule has 1 rings (SSSR count). The number of hydrogen-bond acceptors (Lipinski definition) is 3. The Kier molecular flexibility index (Phi) is 4.58. The van der Waals surface area contributed by atoms with Gasteiger partial charge in [-0.1, -0.05) is 18.5 Å². The van der Waals surface area contributed by atoms with Crippen molar-refractivity contribution in [3.05, 3.63) is 28.8 Å². The molecule has 0 aliphatic heterocycles. The van der Waals surface area contributed by atoms with Crippen LogP contribution < -0.4 is 10.5 Å². The van der Waals surface area contributed by atoms with Gasteiger partial charge >= 0.3 is 5.97 Å². The van der Waals surface area contributed by atoms with Gasteiger partial charge in [-0.15, -0.1) is 0 Å². The van der Waals surface area contributed by atoms with Crippen LogP contribution in [0.3, 0.4) is 0 Å². The Morgan fingerprint density at radius 3 is 2.88 bits per heavy atom. The van der Waals surface area contributed by atoms with E-state index in [4.69, 9.17) is 27.2 Å². The number of carbonyl (C=O) groups is 1. The van der Waals surface area contributed by atoms with Gasteiger partial charge in [0.15, 0.2) is 0 Å². The molecule has 0 heterocycles. The predicted octanol–water partition coefficient (Wildman–Crippen LogP) is 1.69. The first kappa shape index (κ1) is 12.8. The molecule has 0 fully saturated rings. The summed E-state index contributed by atoms with van der Waals surface area (Å²) in [5.74, 6) is -0.498. The zero-order chi connectivity index (χ0) is 12.1. The normalized spacial score (nSPS) is 12.2. The van der Waals surface area contributed by atoms with Gasteiger partial charge in [0, 0.05) is 5.02 Å². The maximum Gasteiger partial charge on any atom is 0.324 e. The number of hydrogen-bond donors (Lipinski definition) is 2. The van der Waals surface area contributed by atoms with E-state index in [-0.39, 0.29) is 6.61 Å². The van der Waals surface area contributed by atoms with Crippen molar-refractivity contribution in [2.75, 3.05) is 6.61 Å². The minimum Gasteiger partial charge on any atom is -0.491 e. The van der Waals surface area contributed by atoms with Crippen molar-refractivity contribution in [2.24, 2.45) is 5.73 Å². The van der Waals surface area contributed by atoms with Gasteiger partial charge in [-0.2, -0.15) is 0 Å². The second-order valence-corrected chi connectivity index (χ2v) is 3.77. The molecule has 88 valence electrons. The van der Waals surface area contributed by atoms with Crippen molar-refractivity contribution >= 4 is 17.6 Å². The van der Waals surface area contributed by atoms with Crippen LogP contribution in [0.25, 0.3) is 0 Å². The number of nitrogens with two attached hydrogens (primary N) is 1. The summed E-state index contributed by atoms with van der Waals surface area (Å²) in [6.45, 7) is 1.92. The highest BCUT2D eigenvalue weighted by molar-refractivity contribution is 6.31. The molecule has 0 radical (unpaired) electrons. The standard InChI is InChI=1S/C11H14ClNO3/c1-2-7-5-8(3-4-9(7)12)16-6-10(13)11(14)15/h3-5,10H,2,6,13H2,1H3,(H,14,15)/t10-/m0/s1. The first-order valence-corrected chi connectivity index (χ1v) is 5.32. The van der Waals surface area contributed by atoms with Gasteiger partial charge < -0.3 is 15.6 Å². The monoisotopic (exact) mass is 243 g/mol. The Labute approximate surface area is 99.0 Å². The molecule has 0 saturated heterocycles. The molecule has 5 heteroatoms. The number of ether oxygens (including phenoxy) is 1. The average Bonchev–Trinajstić information content (AvgIpc) is 2.27. The summed E-state index contributed by atoms with van der Waals surface area (Å²) in [6.07, 6.45) is 0.793. The molecule has 1 aromatic carbocycles. The van der Waals surface area contributed by atoms with E-state index in [1.165, 1.54) is 0 Å². The first-order valence-electron chi connectivity index (χ1n) is 4.94. The summed E-state index contributed by atoms with van der Waals surface area (Å²) in [5, 5.41) is 9.26. The summed E-state index contributed by atoms with van der Waals surface area (Å²) < 4.78 is 5.26. The molecule has 0 aromatic heterocycles. The number of aliphatic carboxylic acids is 1. The van der Waals surface area contributed by atoms with E-state index < -0.39 is 12.0 Å². The molecule has 0 spiro atoms. The van der Waals surface area contributed by atoms with Crippen LogP contribution in [0, 0.1) is 0 Å². The maximum absolute atomic E-state index is 10.5. The lowest BCUT2D eigenvalue weighted by atomic mass is 10.1. The van der Waals surface area contributed by atoms with Crippen molar-refractivity contribution in [3.63, 3.8) is 0 Å². The minimum atomic E-state index is -1.08. The van der Waals surface area contributed by atoms with Crippen LogP contribution in [0.4, 0.5) is 0 Å². The third-order valence-electron chi connectivity index (χ3n) is 2.14. The Bertz CT molecular complexity index is 381. The van der Waals surface area contributed by atoms with Gasteiger partial charge in [0.1, 0.15) is 18.4 Å². The number of rotatable bonds is 5. The molecule has 0 bridgehead atoms. The van der Waals surface area contributed by atoms with E-state index in [0.29, 0.717) is 10.8 Å². The zero-order valence-electron chi connectivity index (χ0n) is 8.94. The number of carboxylic acids is 1. The largest absolute Gasteiger partial charge is 0.491 e. The smallest absolute Gasteiger partial charge is 0.324 e. The second kappa shape index (κ2) is 5.72. The molecule has 1 atom stereocenters. The predicted molar refractivity (Wildman–Crippen MR) is 61.9 cm³/mol. The minimum absolute atomic E-state index is 0.0554. The van der Waals surface area contributed by atoms with Gasteiger partial charge in [-0.05, 0) is 30.2 Å². The molecule has 0 aliphatic rings. The third-order valence-corrected chi connectivity index (χ3v) is 2.51. The molecular weight excluding hydrogens is 230 g/mol. The van der Waals surface area contributed by atoms with Gasteiger partial charge in [0.2, 0.25) is 0 Å². The van der Waals surface area contributed by atoms with Crippen molar-refractivity contribution in [1.29, 1.82) is 0 Å². The van der Waals surface area contributed by atoms with Crippen LogP contribution in [-0.4, -0.2) is 23.7 Å². The number of benzene rings is 1. The van der Waals surface area contributed by atoms with Crippen molar-refractivity contribution in [2.45, 2.75) is 19.4 Å². The highest BCUT2D eigenvalue weighted by atomic mass is 35.5. The van der Waals surface area contributed by atoms with Crippen molar-refractivity contribution in [3.8, 4) is 5.75 Å². The molecule has 0 saturated carbocycles. The lowest BCUT2D eigenvalue weighted by molar-refractivity contribution is -0.139. The summed E-state index contributed by atoms with van der Waals surface area (Å²) in [7, 11) is 0. The Morgan fingerprint density at radius 1 is 1.62 bits per heavy atom. The van der Waals surface area contributed by atoms with E-state index in [0.717, 1.165) is 12.0 Å². The molecule has 0 unspecified atom stereocenters. The van der Waals surface area contributed by atoms with Gasteiger partial charge in [-0.3, -0.25) is 4.79 Å². The lowest BCUT2D eigenvalue weighted by Crippen LogP contribution is -2.36. The highest BCUT2D eigenvalue weighted by Crippen LogP contribution is 2.22. The highest BCUT2D eigenvalue weighted by Gasteiger charge is 2.12. The fraction of sp³-hybridized carbons (Fsp3) is 0.364. The Balaban J connectivity index is 2.64. The molecule has 0 aliphatic carbocycles. The zero-order valence-corrected chi connectivity index (χ0v) is 9.70. The van der Waals surface area contributed by atoms with Gasteiger partial charge in [-0.25, -0.2) is 0 Å². The third kappa shape index (κ3) is 3.40. The molecule has 3 N–H and O–H groups in total. The lowest BCUT2D eigenvalue weighted by Gasteiger charge is -2.10. The van der Waals surface area contributed by atoms with Crippen LogP contribution in [0.15, 0.2) is 18.2 Å². The summed E-state index contributed by atoms with van der Waals surface area (Å²) in [4.78, 5) is 10.5. The van der Waals surface area contributed by atoms with Crippen LogP contribution in [-0.2, 0) is 11.2 Å². The van der Waals surface area contributed by atoms with E-state index >= 15 is 0 Å². The van der Waals surface area contributed by atoms with Crippen LogP contribution >= 0.6 is 11.6 Å². The SMILES string of the molecule is CCc1cc(OC[C@H](N)C(=O)O)ccc1Cl. The quantitative estimate of drug-likeness (QED) is 0.826. The van der Waals surface area contributed by atoms with Crippen molar-refractivity contribution < 1.29 is 14.6 Å². The van der Waals surface area contributed by atoms with E-state index in [9.17, 15) is 4.79 Å². The summed E-state index contributed by atoms with van der Waals surface area (Å²) in [5.41, 5.74) is 6.28. The van der Waals surface area contributed by atoms with E-state index in [2.05, 4.69) is 0 Å². The number of aryl methyl sites for hydroxylation is 1. The van der Waals surface area contributed by atoms with E-state index in [1.807, 2.05) is 6.92 Å². The van der Waals surface area contributed by atoms with Crippen molar-refractivity contribution in [1.82, 2.24) is 0 Å². The Hall–Kier alpha value is -1.26. The Morgan fingerprint density at radius 2 is 2.31 bits per heavy atom. The van der Waals surface area contributed by atoms with Crippen LogP contribution in [0.1, 0.15) is 12.5 Å². The van der Waals surface area contributed by atoms with E-state index in [1.54, 1.807) is 18.2 Å². The number of carboxylic acid groups (broad SMARTS) is 1. The molecule has 0 amide bonds. The molecular formula is C11H14ClNO3. The van der Waals surface area contributed by atoms with Crippen LogP contribution in [0.2, 0.25) is 5.02 Å². The summed E-state index contributed by atoms with van der Waals surface area (Å²) in [6, 6.07) is 4.19. The van der Waals surface area contributed by atoms with Crippen LogP contribution in [0.5, 0.6) is 5.75 Å². The molecule has 4 nitrogen and oxygen atoms in total. The fourth-order valence-electron chi connectivity index (χ4n) is 1.17. The fourth-order valence-corrected chi connectivity index (χ4v) is 1.42. The van der Waals surface area contributed by atoms with Gasteiger partial charge in [0.05, 0.1) is 0 Å². The number of halogens is 1. The molecule has 16 heavy (non-hydrogen) atoms. The maximum atomic E-state index is 10.5. The average molecular weight is 244 g/mol. The molecule has 1 aromatic rings. The topological polar surface area (TPSA) is 72.5 Å². The summed E-state index contributed by atoms with van der Waals surface area (Å²) >= 11 is 5.94. The first-order chi connectivity index (χ1) is 7.54.